The fourth-order valence-corrected chi connectivity index (χ4v) is 6.25. The van der Waals surface area contributed by atoms with Gasteiger partial charge in [-0.2, -0.15) is 0 Å². The molecule has 98 valence electrons. The monoisotopic (exact) mass is 246 g/mol. The molecule has 4 fully saturated rings. The summed E-state index contributed by atoms with van der Waals surface area (Å²) in [5.41, 5.74) is 0.402. The summed E-state index contributed by atoms with van der Waals surface area (Å²) in [6.07, 6.45) is 7.55. The zero-order chi connectivity index (χ0) is 12.6. The minimum Gasteiger partial charge on any atom is -0.362 e. The van der Waals surface area contributed by atoms with Crippen LogP contribution < -0.4 is 0 Å². The number of allylic oxidation sites excluding steroid dienone is 1. The lowest BCUT2D eigenvalue weighted by Crippen LogP contribution is -2.35. The molecule has 5 rings (SSSR count). The van der Waals surface area contributed by atoms with Crippen molar-refractivity contribution < 1.29 is 9.47 Å². The summed E-state index contributed by atoms with van der Waals surface area (Å²) in [5.74, 6) is 2.87. The maximum Gasteiger partial charge on any atom is 0.119 e. The van der Waals surface area contributed by atoms with Crippen LogP contribution in [-0.4, -0.2) is 22.4 Å². The van der Waals surface area contributed by atoms with Gasteiger partial charge in [-0.15, -0.1) is 0 Å². The zero-order valence-corrected chi connectivity index (χ0v) is 11.7. The second kappa shape index (κ2) is 2.35. The predicted octanol–water partition coefficient (Wildman–Crippen LogP) is 2.92. The Morgan fingerprint density at radius 3 is 2.11 bits per heavy atom. The minimum absolute atomic E-state index is 0.0481. The Morgan fingerprint density at radius 1 is 0.944 bits per heavy atom. The number of ether oxygens (including phenoxy) is 2. The number of hydrogen-bond acceptors (Lipinski definition) is 2. The van der Waals surface area contributed by atoms with Gasteiger partial charge in [-0.3, -0.25) is 0 Å². The van der Waals surface area contributed by atoms with Crippen molar-refractivity contribution in [3.8, 4) is 0 Å². The van der Waals surface area contributed by atoms with Gasteiger partial charge >= 0.3 is 0 Å². The van der Waals surface area contributed by atoms with E-state index in [-0.39, 0.29) is 22.4 Å². The summed E-state index contributed by atoms with van der Waals surface area (Å²) in [7, 11) is 0. The topological polar surface area (TPSA) is 25.1 Å². The Balaban J connectivity index is 1.62. The minimum atomic E-state index is 0.0481. The third-order valence-electron chi connectivity index (χ3n) is 6.91. The Labute approximate surface area is 109 Å². The highest BCUT2D eigenvalue weighted by molar-refractivity contribution is 5.41. The van der Waals surface area contributed by atoms with Crippen LogP contribution in [0.3, 0.4) is 0 Å². The van der Waals surface area contributed by atoms with Crippen molar-refractivity contribution in [2.75, 3.05) is 0 Å². The Morgan fingerprint density at radius 2 is 1.56 bits per heavy atom. The maximum atomic E-state index is 6.28. The van der Waals surface area contributed by atoms with E-state index < -0.39 is 0 Å². The Bertz CT molecular complexity index is 491. The fraction of sp³-hybridized carbons (Fsp3) is 0.875. The van der Waals surface area contributed by atoms with Crippen LogP contribution in [0.2, 0.25) is 0 Å². The molecule has 2 spiro atoms. The average Bonchev–Trinajstić information content (AvgIpc) is 2.80. The molecule has 3 aliphatic carbocycles. The lowest BCUT2D eigenvalue weighted by atomic mass is 9.73. The number of fused-ring (bicyclic) bond motifs is 4. The van der Waals surface area contributed by atoms with Crippen molar-refractivity contribution in [3.63, 3.8) is 0 Å². The van der Waals surface area contributed by atoms with E-state index in [9.17, 15) is 0 Å². The van der Waals surface area contributed by atoms with Crippen molar-refractivity contribution in [2.24, 2.45) is 23.7 Å². The van der Waals surface area contributed by atoms with Crippen LogP contribution in [0.1, 0.15) is 40.5 Å². The number of rotatable bonds is 0. The van der Waals surface area contributed by atoms with Crippen molar-refractivity contribution >= 4 is 0 Å². The second-order valence-corrected chi connectivity index (χ2v) is 8.06. The van der Waals surface area contributed by atoms with E-state index in [1.54, 1.807) is 0 Å². The molecule has 2 bridgehead atoms. The molecule has 0 aromatic carbocycles. The van der Waals surface area contributed by atoms with Crippen molar-refractivity contribution in [2.45, 2.75) is 62.9 Å². The lowest BCUT2D eigenvalue weighted by Gasteiger charge is -2.28. The molecule has 2 aliphatic heterocycles. The summed E-state index contributed by atoms with van der Waals surface area (Å²) in [6.45, 7) is 9.07. The maximum absolute atomic E-state index is 6.28. The van der Waals surface area contributed by atoms with Crippen LogP contribution in [-0.2, 0) is 9.47 Å². The van der Waals surface area contributed by atoms with Crippen LogP contribution in [0, 0.1) is 23.7 Å². The fourth-order valence-electron chi connectivity index (χ4n) is 6.25. The molecule has 0 amide bonds. The smallest absolute Gasteiger partial charge is 0.119 e. The predicted molar refractivity (Wildman–Crippen MR) is 68.1 cm³/mol. The summed E-state index contributed by atoms with van der Waals surface area (Å²) in [6, 6.07) is 0. The van der Waals surface area contributed by atoms with Gasteiger partial charge in [-0.25, -0.2) is 0 Å². The zero-order valence-electron chi connectivity index (χ0n) is 11.7. The quantitative estimate of drug-likeness (QED) is 0.485. The first-order valence-electron chi connectivity index (χ1n) is 7.45. The van der Waals surface area contributed by atoms with Crippen LogP contribution in [0.15, 0.2) is 12.2 Å². The molecule has 2 heteroatoms. The molecule has 0 N–H and O–H groups in total. The summed E-state index contributed by atoms with van der Waals surface area (Å²) in [4.78, 5) is 0. The molecule has 2 heterocycles. The van der Waals surface area contributed by atoms with Crippen LogP contribution in [0.25, 0.3) is 0 Å². The van der Waals surface area contributed by atoms with Gasteiger partial charge in [0.1, 0.15) is 11.2 Å². The van der Waals surface area contributed by atoms with Gasteiger partial charge in [0.05, 0.1) is 11.2 Å². The van der Waals surface area contributed by atoms with Crippen LogP contribution in [0.4, 0.5) is 0 Å². The Hall–Kier alpha value is -0.340. The lowest BCUT2D eigenvalue weighted by molar-refractivity contribution is 0.165. The van der Waals surface area contributed by atoms with Crippen LogP contribution in [0.5, 0.6) is 0 Å². The molecule has 0 aromatic rings. The van der Waals surface area contributed by atoms with E-state index in [4.69, 9.17) is 9.47 Å². The molecule has 0 radical (unpaired) electrons. The molecule has 0 unspecified atom stereocenters. The number of hydrogen-bond donors (Lipinski definition) is 0. The highest BCUT2D eigenvalue weighted by Crippen LogP contribution is 2.79. The molecule has 0 aromatic heterocycles. The van der Waals surface area contributed by atoms with Crippen molar-refractivity contribution in [1.29, 1.82) is 0 Å². The first-order chi connectivity index (χ1) is 8.36. The van der Waals surface area contributed by atoms with E-state index in [2.05, 4.69) is 39.8 Å². The third kappa shape index (κ3) is 0.757. The molecule has 2 saturated carbocycles. The first-order valence-corrected chi connectivity index (χ1v) is 7.45. The van der Waals surface area contributed by atoms with Crippen molar-refractivity contribution in [3.05, 3.63) is 12.2 Å². The van der Waals surface area contributed by atoms with Crippen molar-refractivity contribution in [1.82, 2.24) is 0 Å². The van der Waals surface area contributed by atoms with Gasteiger partial charge in [-0.1, -0.05) is 12.2 Å². The van der Waals surface area contributed by atoms with Gasteiger partial charge < -0.3 is 9.47 Å². The number of epoxide rings is 2. The highest BCUT2D eigenvalue weighted by Gasteiger charge is 2.86. The van der Waals surface area contributed by atoms with Gasteiger partial charge in [0, 0.05) is 5.92 Å². The largest absolute Gasteiger partial charge is 0.362 e. The average molecular weight is 246 g/mol. The van der Waals surface area contributed by atoms with Gasteiger partial charge in [0.25, 0.3) is 0 Å². The summed E-state index contributed by atoms with van der Waals surface area (Å²) < 4.78 is 12.4. The third-order valence-corrected chi connectivity index (χ3v) is 6.91. The van der Waals surface area contributed by atoms with Gasteiger partial charge in [0.15, 0.2) is 0 Å². The first kappa shape index (κ1) is 10.4. The van der Waals surface area contributed by atoms with E-state index in [1.165, 1.54) is 12.8 Å². The highest BCUT2D eigenvalue weighted by atomic mass is 16.6. The van der Waals surface area contributed by atoms with E-state index >= 15 is 0 Å². The molecular weight excluding hydrogens is 224 g/mol. The van der Waals surface area contributed by atoms with E-state index in [0.29, 0.717) is 11.8 Å². The molecular formula is C16H22O2. The van der Waals surface area contributed by atoms with Gasteiger partial charge in [-0.05, 0) is 58.3 Å². The Kier molecular flexibility index (Phi) is 1.37. The normalized spacial score (nSPS) is 63.8. The SMILES string of the molecule is CC1(C)O[C@]12[C@H]1CC[C@H]2[C@H]2[C@@H]1C=C[C@]21OC1(C)C. The summed E-state index contributed by atoms with van der Waals surface area (Å²) >= 11 is 0. The second-order valence-electron chi connectivity index (χ2n) is 8.06. The molecule has 18 heavy (non-hydrogen) atoms. The standard InChI is InChI=1S/C16H22O2/c1-13(2)15(17-13)8-7-9-10-5-6-11(12(9)15)16(10)14(3,4)18-16/h7-12H,5-6H2,1-4H3/t9-,10+,11+,12-,15+,16+/m1/s1. The molecule has 2 nitrogen and oxygen atoms in total. The molecule has 6 atom stereocenters. The molecule has 5 aliphatic rings. The van der Waals surface area contributed by atoms with Gasteiger partial charge in [0.2, 0.25) is 0 Å². The van der Waals surface area contributed by atoms with E-state index in [0.717, 1.165) is 11.8 Å². The van der Waals surface area contributed by atoms with Crippen LogP contribution >= 0.6 is 0 Å². The molecule has 2 saturated heterocycles. The summed E-state index contributed by atoms with van der Waals surface area (Å²) in [5, 5.41) is 0. The van der Waals surface area contributed by atoms with E-state index in [1.807, 2.05) is 0 Å².